The molecular formula is C16H15BrF5N3O3. The Labute approximate surface area is 164 Å². The van der Waals surface area contributed by atoms with Crippen molar-refractivity contribution in [3.63, 3.8) is 0 Å². The molecule has 0 spiro atoms. The first-order valence-corrected chi connectivity index (χ1v) is 8.63. The molecule has 0 aliphatic rings. The number of rotatable bonds is 7. The van der Waals surface area contributed by atoms with E-state index < -0.39 is 30.9 Å². The maximum absolute atomic E-state index is 12.9. The Balaban J connectivity index is 2.16. The summed E-state index contributed by atoms with van der Waals surface area (Å²) in [5.41, 5.74) is -0.821. The number of hydrogen-bond acceptors (Lipinski definition) is 4. The highest BCUT2D eigenvalue weighted by molar-refractivity contribution is 9.10. The van der Waals surface area contributed by atoms with E-state index in [1.165, 1.54) is 25.1 Å². The lowest BCUT2D eigenvalue weighted by atomic mass is 10.2. The molecule has 1 amide bonds. The summed E-state index contributed by atoms with van der Waals surface area (Å²) in [7, 11) is 0. The fraction of sp³-hybridized carbons (Fsp3) is 0.375. The van der Waals surface area contributed by atoms with Gasteiger partial charge < -0.3 is 14.8 Å². The predicted octanol–water partition coefficient (Wildman–Crippen LogP) is 4.61. The number of halogens is 6. The molecule has 0 aliphatic carbocycles. The highest BCUT2D eigenvalue weighted by Gasteiger charge is 2.38. The van der Waals surface area contributed by atoms with Crippen LogP contribution in [0.3, 0.4) is 0 Å². The molecule has 2 aromatic rings. The number of amides is 1. The molecule has 28 heavy (non-hydrogen) atoms. The number of benzene rings is 1. The van der Waals surface area contributed by atoms with E-state index in [1.807, 2.05) is 0 Å². The Morgan fingerprint density at radius 1 is 1.32 bits per heavy atom. The maximum Gasteiger partial charge on any atom is 0.436 e. The summed E-state index contributed by atoms with van der Waals surface area (Å²) in [5, 5.41) is 5.86. The summed E-state index contributed by atoms with van der Waals surface area (Å²) in [6, 6.07) is 3.75. The summed E-state index contributed by atoms with van der Waals surface area (Å²) in [4.78, 5) is 12.2. The van der Waals surface area contributed by atoms with Crippen molar-refractivity contribution in [1.29, 1.82) is 0 Å². The molecule has 0 aliphatic heterocycles. The van der Waals surface area contributed by atoms with Gasteiger partial charge in [0.05, 0.1) is 16.8 Å². The Kier molecular flexibility index (Phi) is 6.86. The van der Waals surface area contributed by atoms with Crippen molar-refractivity contribution in [2.45, 2.75) is 33.2 Å². The van der Waals surface area contributed by atoms with Crippen LogP contribution in [0.25, 0.3) is 0 Å². The smallest absolute Gasteiger partial charge is 0.436 e. The van der Waals surface area contributed by atoms with Crippen molar-refractivity contribution in [3.05, 3.63) is 34.1 Å². The molecule has 0 saturated heterocycles. The van der Waals surface area contributed by atoms with E-state index in [1.54, 1.807) is 6.92 Å². The summed E-state index contributed by atoms with van der Waals surface area (Å²) in [6.45, 7) is -0.363. The van der Waals surface area contributed by atoms with E-state index in [0.717, 1.165) is 4.68 Å². The number of carbonyl (C=O) groups excluding carboxylic acids is 1. The molecule has 0 unspecified atom stereocenters. The van der Waals surface area contributed by atoms with Crippen LogP contribution in [0.4, 0.5) is 27.6 Å². The third kappa shape index (κ3) is 5.33. The molecule has 0 bridgehead atoms. The number of aromatic nitrogens is 2. The topological polar surface area (TPSA) is 65.4 Å². The van der Waals surface area contributed by atoms with Crippen molar-refractivity contribution in [1.82, 2.24) is 9.78 Å². The molecule has 0 fully saturated rings. The van der Waals surface area contributed by atoms with Gasteiger partial charge in [0.25, 0.3) is 0 Å². The zero-order valence-corrected chi connectivity index (χ0v) is 16.2. The molecule has 0 radical (unpaired) electrons. The third-order valence-electron chi connectivity index (χ3n) is 3.44. The molecule has 12 heteroatoms. The highest BCUT2D eigenvalue weighted by Crippen LogP contribution is 2.35. The van der Waals surface area contributed by atoms with E-state index in [9.17, 15) is 26.7 Å². The monoisotopic (exact) mass is 471 g/mol. The van der Waals surface area contributed by atoms with Crippen LogP contribution in [0.15, 0.2) is 22.7 Å². The van der Waals surface area contributed by atoms with Gasteiger partial charge in [-0.15, -0.1) is 0 Å². The van der Waals surface area contributed by atoms with Crippen LogP contribution in [0.1, 0.15) is 18.3 Å². The normalized spacial score (nSPS) is 11.6. The van der Waals surface area contributed by atoms with Gasteiger partial charge in [-0.1, -0.05) is 0 Å². The minimum Gasteiger partial charge on any atom is -0.490 e. The van der Waals surface area contributed by atoms with Gasteiger partial charge in [0.15, 0.2) is 17.2 Å². The molecule has 154 valence electrons. The zero-order chi connectivity index (χ0) is 21.1. The second-order valence-corrected chi connectivity index (χ2v) is 6.22. The first-order valence-electron chi connectivity index (χ1n) is 7.84. The van der Waals surface area contributed by atoms with Crippen LogP contribution >= 0.6 is 15.9 Å². The highest BCUT2D eigenvalue weighted by atomic mass is 79.9. The molecule has 6 nitrogen and oxygen atoms in total. The molecule has 0 saturated carbocycles. The van der Waals surface area contributed by atoms with Gasteiger partial charge in [-0.2, -0.15) is 27.1 Å². The molecule has 1 heterocycles. The van der Waals surface area contributed by atoms with Gasteiger partial charge in [-0.25, -0.2) is 0 Å². The number of ether oxygens (including phenoxy) is 2. The molecule has 1 aromatic heterocycles. The number of alkyl halides is 5. The summed E-state index contributed by atoms with van der Waals surface area (Å²) in [6.07, 6.45) is -4.67. The van der Waals surface area contributed by atoms with E-state index in [4.69, 9.17) is 4.74 Å². The van der Waals surface area contributed by atoms with Crippen LogP contribution in [0.5, 0.6) is 11.5 Å². The number of nitrogens with zero attached hydrogens (tertiary/aromatic N) is 2. The molecule has 1 N–H and O–H groups in total. The second-order valence-electron chi connectivity index (χ2n) is 5.42. The number of nitrogens with one attached hydrogen (secondary N) is 1. The fourth-order valence-corrected chi connectivity index (χ4v) is 2.75. The maximum atomic E-state index is 12.9. The van der Waals surface area contributed by atoms with Crippen LogP contribution in [0, 0.1) is 6.92 Å². The van der Waals surface area contributed by atoms with E-state index >= 15 is 0 Å². The van der Waals surface area contributed by atoms with Crippen LogP contribution < -0.4 is 14.8 Å². The van der Waals surface area contributed by atoms with Crippen molar-refractivity contribution >= 4 is 27.5 Å². The number of hydrogen-bond donors (Lipinski definition) is 1. The predicted molar refractivity (Wildman–Crippen MR) is 92.5 cm³/mol. The minimum absolute atomic E-state index is 0.0158. The first kappa shape index (κ1) is 21.9. The van der Waals surface area contributed by atoms with Gasteiger partial charge in [0.2, 0.25) is 5.91 Å². The Morgan fingerprint density at radius 2 is 2.00 bits per heavy atom. The third-order valence-corrected chi connectivity index (χ3v) is 4.39. The van der Waals surface area contributed by atoms with Crippen molar-refractivity contribution in [2.75, 3.05) is 11.9 Å². The quantitative estimate of drug-likeness (QED) is 0.598. The number of carbonyl (C=O) groups is 1. The summed E-state index contributed by atoms with van der Waals surface area (Å²) >= 11 is 2.82. The van der Waals surface area contributed by atoms with E-state index in [0.29, 0.717) is 0 Å². The molecular weight excluding hydrogens is 457 g/mol. The lowest BCUT2D eigenvalue weighted by Gasteiger charge is -2.13. The van der Waals surface area contributed by atoms with Gasteiger partial charge in [0, 0.05) is 11.8 Å². The number of anilines is 1. The van der Waals surface area contributed by atoms with Gasteiger partial charge in [0.1, 0.15) is 6.54 Å². The second kappa shape index (κ2) is 8.76. The Morgan fingerprint density at radius 3 is 2.54 bits per heavy atom. The summed E-state index contributed by atoms with van der Waals surface area (Å²) in [5.74, 6) is -0.897. The lowest BCUT2D eigenvalue weighted by molar-refractivity contribution is -0.142. The molecule has 0 atom stereocenters. The average molecular weight is 472 g/mol. The van der Waals surface area contributed by atoms with E-state index in [2.05, 4.69) is 31.1 Å². The van der Waals surface area contributed by atoms with Crippen LogP contribution in [0.2, 0.25) is 0 Å². The van der Waals surface area contributed by atoms with Gasteiger partial charge in [-0.05, 0) is 41.9 Å². The Bertz CT molecular complexity index is 855. The standard InChI is InChI=1S/C16H15BrF5N3O3/c1-3-27-11-6-9(4-5-10(11)28-15(18)19)23-12(26)7-25-8(2)13(17)14(24-25)16(20,21)22/h4-6,15H,3,7H2,1-2H3,(H,23,26). The lowest BCUT2D eigenvalue weighted by Crippen LogP contribution is -2.21. The summed E-state index contributed by atoms with van der Waals surface area (Å²) < 4.78 is 73.6. The van der Waals surface area contributed by atoms with Crippen LogP contribution in [-0.4, -0.2) is 28.9 Å². The van der Waals surface area contributed by atoms with Gasteiger partial charge in [-0.3, -0.25) is 9.48 Å². The first-order chi connectivity index (χ1) is 13.0. The van der Waals surface area contributed by atoms with E-state index in [-0.39, 0.29) is 34.0 Å². The van der Waals surface area contributed by atoms with Crippen molar-refractivity contribution < 1.29 is 36.2 Å². The SMILES string of the molecule is CCOc1cc(NC(=O)Cn2nc(C(F)(F)F)c(Br)c2C)ccc1OC(F)F. The van der Waals surface area contributed by atoms with Crippen molar-refractivity contribution in [3.8, 4) is 11.5 Å². The minimum atomic E-state index is -4.67. The molecule has 1 aromatic carbocycles. The molecule has 2 rings (SSSR count). The fourth-order valence-electron chi connectivity index (χ4n) is 2.24. The van der Waals surface area contributed by atoms with Crippen LogP contribution in [-0.2, 0) is 17.5 Å². The average Bonchev–Trinajstić information content (AvgIpc) is 2.85. The van der Waals surface area contributed by atoms with Gasteiger partial charge >= 0.3 is 12.8 Å². The van der Waals surface area contributed by atoms with Crippen molar-refractivity contribution in [2.24, 2.45) is 0 Å². The Hall–Kier alpha value is -2.37. The largest absolute Gasteiger partial charge is 0.490 e. The zero-order valence-electron chi connectivity index (χ0n) is 14.6.